The molecule has 110 valence electrons. The zero-order valence-electron chi connectivity index (χ0n) is 12.8. The first kappa shape index (κ1) is 12.9. The van der Waals surface area contributed by atoms with E-state index < -0.39 is 0 Å². The summed E-state index contributed by atoms with van der Waals surface area (Å²) in [4.78, 5) is 0. The lowest BCUT2D eigenvalue weighted by Gasteiger charge is -2.09. The van der Waals surface area contributed by atoms with E-state index in [9.17, 15) is 0 Å². The Bertz CT molecular complexity index is 644. The van der Waals surface area contributed by atoms with Crippen LogP contribution in [0.4, 0.5) is 5.82 Å². The maximum absolute atomic E-state index is 6.14. The van der Waals surface area contributed by atoms with Crippen LogP contribution in [0.25, 0.3) is 11.1 Å². The van der Waals surface area contributed by atoms with Gasteiger partial charge in [0.05, 0.1) is 0 Å². The molecule has 1 aromatic heterocycles. The highest BCUT2D eigenvalue weighted by molar-refractivity contribution is 5.77. The highest BCUT2D eigenvalue weighted by Gasteiger charge is 2.54. The fourth-order valence-corrected chi connectivity index (χ4v) is 4.20. The molecule has 2 aromatic rings. The number of nitrogens with one attached hydrogen (secondary N) is 1. The number of rotatable bonds is 3. The van der Waals surface area contributed by atoms with Crippen LogP contribution in [-0.2, 0) is 0 Å². The number of H-pyrrole nitrogens is 1. The lowest BCUT2D eigenvalue weighted by Crippen LogP contribution is -1.94. The van der Waals surface area contributed by atoms with Crippen molar-refractivity contribution in [2.45, 2.75) is 44.9 Å². The van der Waals surface area contributed by atoms with Crippen LogP contribution in [0, 0.1) is 11.8 Å². The van der Waals surface area contributed by atoms with Crippen molar-refractivity contribution in [2.75, 3.05) is 5.73 Å². The number of hydrogen-bond donors (Lipinski definition) is 2. The molecule has 0 spiro atoms. The van der Waals surface area contributed by atoms with Crippen molar-refractivity contribution in [3.8, 4) is 11.1 Å². The second-order valence-corrected chi connectivity index (χ2v) is 6.96. The van der Waals surface area contributed by atoms with E-state index in [0.29, 0.717) is 17.7 Å². The average molecular weight is 281 g/mol. The van der Waals surface area contributed by atoms with E-state index in [0.717, 1.165) is 17.4 Å². The molecule has 0 amide bonds. The number of nitrogens with zero attached hydrogens (tertiary/aromatic N) is 1. The summed E-state index contributed by atoms with van der Waals surface area (Å²) in [5.74, 6) is 3.62. The maximum Gasteiger partial charge on any atom is 0.153 e. The zero-order chi connectivity index (χ0) is 14.6. The van der Waals surface area contributed by atoms with E-state index in [1.165, 1.54) is 36.1 Å². The molecule has 2 saturated carbocycles. The monoisotopic (exact) mass is 281 g/mol. The Morgan fingerprint density at radius 1 is 1.14 bits per heavy atom. The van der Waals surface area contributed by atoms with E-state index in [2.05, 4.69) is 48.3 Å². The van der Waals surface area contributed by atoms with Gasteiger partial charge in [0.2, 0.25) is 0 Å². The van der Waals surface area contributed by atoms with Crippen LogP contribution in [0.3, 0.4) is 0 Å². The van der Waals surface area contributed by atoms with Gasteiger partial charge in [-0.3, -0.25) is 5.10 Å². The molecule has 0 radical (unpaired) electrons. The lowest BCUT2D eigenvalue weighted by atomic mass is 9.96. The normalized spacial score (nSPS) is 27.1. The van der Waals surface area contributed by atoms with Gasteiger partial charge in [-0.15, -0.1) is 0 Å². The SMILES string of the molecule is CC(C)c1ccc(-c2c(N)n[nH]c2C2C3CCCC32)cc1. The molecule has 2 aliphatic rings. The van der Waals surface area contributed by atoms with Gasteiger partial charge in [-0.25, -0.2) is 0 Å². The van der Waals surface area contributed by atoms with Crippen LogP contribution in [0.1, 0.15) is 56.2 Å². The standard InChI is InChI=1S/C18H23N3/c1-10(2)11-6-8-12(9-7-11)15-17(20-21-18(15)19)16-13-4-3-5-14(13)16/h6-10,13-14,16H,3-5H2,1-2H3,(H3,19,20,21). The van der Waals surface area contributed by atoms with E-state index in [-0.39, 0.29) is 0 Å². The molecule has 3 nitrogen and oxygen atoms in total. The number of aromatic amines is 1. The van der Waals surface area contributed by atoms with Crippen LogP contribution >= 0.6 is 0 Å². The van der Waals surface area contributed by atoms with Gasteiger partial charge < -0.3 is 5.73 Å². The summed E-state index contributed by atoms with van der Waals surface area (Å²) in [7, 11) is 0. The highest BCUT2D eigenvalue weighted by atomic mass is 15.2. The van der Waals surface area contributed by atoms with Crippen molar-refractivity contribution in [1.29, 1.82) is 0 Å². The van der Waals surface area contributed by atoms with Gasteiger partial charge in [0, 0.05) is 17.2 Å². The van der Waals surface area contributed by atoms with Gasteiger partial charge in [-0.1, -0.05) is 44.5 Å². The smallest absolute Gasteiger partial charge is 0.153 e. The third kappa shape index (κ3) is 1.98. The van der Waals surface area contributed by atoms with Gasteiger partial charge in [-0.2, -0.15) is 5.10 Å². The third-order valence-electron chi connectivity index (χ3n) is 5.43. The summed E-state index contributed by atoms with van der Waals surface area (Å²) >= 11 is 0. The average Bonchev–Trinajstić information content (AvgIpc) is 2.85. The zero-order valence-corrected chi connectivity index (χ0v) is 12.8. The van der Waals surface area contributed by atoms with Gasteiger partial charge in [0.25, 0.3) is 0 Å². The topological polar surface area (TPSA) is 54.7 Å². The number of aromatic nitrogens is 2. The molecule has 2 atom stereocenters. The van der Waals surface area contributed by atoms with Crippen LogP contribution in [0.15, 0.2) is 24.3 Å². The Kier molecular flexibility index (Phi) is 2.84. The van der Waals surface area contributed by atoms with Gasteiger partial charge in [0.15, 0.2) is 5.82 Å². The molecule has 2 unspecified atom stereocenters. The Morgan fingerprint density at radius 3 is 2.43 bits per heavy atom. The number of benzene rings is 1. The first-order chi connectivity index (χ1) is 10.2. The molecule has 1 aromatic carbocycles. The summed E-state index contributed by atoms with van der Waals surface area (Å²) in [5, 5.41) is 7.52. The van der Waals surface area contributed by atoms with E-state index in [1.54, 1.807) is 0 Å². The largest absolute Gasteiger partial charge is 0.382 e. The predicted molar refractivity (Wildman–Crippen MR) is 86.1 cm³/mol. The summed E-state index contributed by atoms with van der Waals surface area (Å²) in [6.45, 7) is 4.44. The molecule has 0 saturated heterocycles. The van der Waals surface area contributed by atoms with Crippen molar-refractivity contribution >= 4 is 5.82 Å². The Balaban J connectivity index is 1.70. The minimum absolute atomic E-state index is 0.558. The molecular formula is C18H23N3. The molecule has 3 heteroatoms. The third-order valence-corrected chi connectivity index (χ3v) is 5.43. The fourth-order valence-electron chi connectivity index (χ4n) is 4.20. The fraction of sp³-hybridized carbons (Fsp3) is 0.500. The van der Waals surface area contributed by atoms with Gasteiger partial charge >= 0.3 is 0 Å². The molecule has 21 heavy (non-hydrogen) atoms. The van der Waals surface area contributed by atoms with E-state index >= 15 is 0 Å². The van der Waals surface area contributed by atoms with Crippen LogP contribution < -0.4 is 5.73 Å². The molecule has 4 rings (SSSR count). The van der Waals surface area contributed by atoms with Crippen molar-refractivity contribution in [3.63, 3.8) is 0 Å². The molecule has 0 aliphatic heterocycles. The second kappa shape index (κ2) is 4.62. The Morgan fingerprint density at radius 2 is 1.81 bits per heavy atom. The van der Waals surface area contributed by atoms with Crippen LogP contribution in [0.5, 0.6) is 0 Å². The van der Waals surface area contributed by atoms with E-state index in [4.69, 9.17) is 5.73 Å². The molecular weight excluding hydrogens is 258 g/mol. The first-order valence-corrected chi connectivity index (χ1v) is 8.11. The summed E-state index contributed by atoms with van der Waals surface area (Å²) in [5.41, 5.74) is 11.1. The number of fused-ring (bicyclic) bond motifs is 1. The van der Waals surface area contributed by atoms with Crippen LogP contribution in [-0.4, -0.2) is 10.2 Å². The maximum atomic E-state index is 6.14. The number of anilines is 1. The van der Waals surface area contributed by atoms with Crippen molar-refractivity contribution in [2.24, 2.45) is 11.8 Å². The molecule has 2 fully saturated rings. The molecule has 3 N–H and O–H groups in total. The summed E-state index contributed by atoms with van der Waals surface area (Å²) < 4.78 is 0. The molecule has 2 aliphatic carbocycles. The highest BCUT2D eigenvalue weighted by Crippen LogP contribution is 2.64. The Hall–Kier alpha value is -1.77. The van der Waals surface area contributed by atoms with Gasteiger partial charge in [0.1, 0.15) is 0 Å². The molecule has 1 heterocycles. The van der Waals surface area contributed by atoms with Gasteiger partial charge in [-0.05, 0) is 41.7 Å². The predicted octanol–water partition coefficient (Wildman–Crippen LogP) is 4.30. The Labute approximate surface area is 125 Å². The van der Waals surface area contributed by atoms with Crippen molar-refractivity contribution < 1.29 is 0 Å². The minimum Gasteiger partial charge on any atom is -0.382 e. The second-order valence-electron chi connectivity index (χ2n) is 6.96. The quantitative estimate of drug-likeness (QED) is 0.881. The number of hydrogen-bond acceptors (Lipinski definition) is 2. The number of nitrogen functional groups attached to an aromatic ring is 1. The van der Waals surface area contributed by atoms with E-state index in [1.807, 2.05) is 0 Å². The lowest BCUT2D eigenvalue weighted by molar-refractivity contribution is 0.670. The molecule has 0 bridgehead atoms. The summed E-state index contributed by atoms with van der Waals surface area (Å²) in [6, 6.07) is 8.81. The van der Waals surface area contributed by atoms with Crippen molar-refractivity contribution in [3.05, 3.63) is 35.5 Å². The summed E-state index contributed by atoms with van der Waals surface area (Å²) in [6.07, 6.45) is 4.15. The number of nitrogens with two attached hydrogens (primary N) is 1. The minimum atomic E-state index is 0.558. The van der Waals surface area contributed by atoms with Crippen LogP contribution in [0.2, 0.25) is 0 Å². The first-order valence-electron chi connectivity index (χ1n) is 8.11. The van der Waals surface area contributed by atoms with Crippen molar-refractivity contribution in [1.82, 2.24) is 10.2 Å².